The Hall–Kier alpha value is -2.07. The molecule has 0 fully saturated rings. The molecule has 18 heavy (non-hydrogen) atoms. The molecule has 0 bridgehead atoms. The number of benzene rings is 1. The van der Waals surface area contributed by atoms with Gasteiger partial charge >= 0.3 is 0 Å². The van der Waals surface area contributed by atoms with Crippen LogP contribution in [0.1, 0.15) is 5.69 Å². The van der Waals surface area contributed by atoms with Crippen molar-refractivity contribution in [2.24, 2.45) is 0 Å². The van der Waals surface area contributed by atoms with Gasteiger partial charge in [0.05, 0.1) is 11.4 Å². The van der Waals surface area contributed by atoms with Gasteiger partial charge < -0.3 is 4.98 Å². The van der Waals surface area contributed by atoms with E-state index in [0.29, 0.717) is 10.7 Å². The highest BCUT2D eigenvalue weighted by atomic mass is 35.5. The van der Waals surface area contributed by atoms with Gasteiger partial charge in [0.15, 0.2) is 0 Å². The maximum absolute atomic E-state index is 11.6. The Morgan fingerprint density at radius 1 is 1.22 bits per heavy atom. The van der Waals surface area contributed by atoms with Crippen molar-refractivity contribution in [1.82, 2.24) is 14.6 Å². The molecule has 0 aliphatic rings. The van der Waals surface area contributed by atoms with E-state index in [1.165, 1.54) is 6.07 Å². The maximum Gasteiger partial charge on any atom is 0.251 e. The summed E-state index contributed by atoms with van der Waals surface area (Å²) < 4.78 is 1.72. The fraction of sp³-hybridized carbons (Fsp3) is 0.0769. The molecule has 1 N–H and O–H groups in total. The first-order chi connectivity index (χ1) is 8.63. The third-order valence-electron chi connectivity index (χ3n) is 2.72. The Kier molecular flexibility index (Phi) is 2.45. The van der Waals surface area contributed by atoms with Crippen LogP contribution in [-0.2, 0) is 0 Å². The summed E-state index contributed by atoms with van der Waals surface area (Å²) in [4.78, 5) is 14.4. The average molecular weight is 260 g/mol. The molecule has 0 saturated heterocycles. The van der Waals surface area contributed by atoms with E-state index in [9.17, 15) is 4.79 Å². The van der Waals surface area contributed by atoms with E-state index in [0.717, 1.165) is 17.0 Å². The number of hydrogen-bond donors (Lipinski definition) is 1. The van der Waals surface area contributed by atoms with Gasteiger partial charge in [0.2, 0.25) is 0 Å². The fourth-order valence-electron chi connectivity index (χ4n) is 1.95. The first-order valence-corrected chi connectivity index (χ1v) is 5.87. The number of aromatic amines is 1. The number of fused-ring (bicyclic) bond motifs is 1. The zero-order valence-corrected chi connectivity index (χ0v) is 10.4. The maximum atomic E-state index is 11.6. The van der Waals surface area contributed by atoms with Crippen LogP contribution in [0.15, 0.2) is 41.2 Å². The second-order valence-electron chi connectivity index (χ2n) is 4.11. The van der Waals surface area contributed by atoms with Crippen LogP contribution < -0.4 is 5.56 Å². The fourth-order valence-corrected chi connectivity index (χ4v) is 2.07. The molecule has 0 aliphatic heterocycles. The van der Waals surface area contributed by atoms with Gasteiger partial charge in [-0.05, 0) is 19.1 Å². The van der Waals surface area contributed by atoms with Gasteiger partial charge in [-0.15, -0.1) is 0 Å². The minimum atomic E-state index is -0.146. The third kappa shape index (κ3) is 1.80. The van der Waals surface area contributed by atoms with Crippen molar-refractivity contribution >= 4 is 17.2 Å². The smallest absolute Gasteiger partial charge is 0.251 e. The number of nitrogens with zero attached hydrogens (tertiary/aromatic N) is 2. The van der Waals surface area contributed by atoms with Crippen molar-refractivity contribution in [2.75, 3.05) is 0 Å². The lowest BCUT2D eigenvalue weighted by molar-refractivity contribution is 0.918. The molecule has 0 amide bonds. The van der Waals surface area contributed by atoms with E-state index in [1.807, 2.05) is 25.1 Å². The average Bonchev–Trinajstić information content (AvgIpc) is 2.69. The van der Waals surface area contributed by atoms with Gasteiger partial charge in [-0.3, -0.25) is 4.79 Å². The van der Waals surface area contributed by atoms with E-state index < -0.39 is 0 Å². The molecule has 0 atom stereocenters. The van der Waals surface area contributed by atoms with Crippen molar-refractivity contribution in [3.63, 3.8) is 0 Å². The zero-order chi connectivity index (χ0) is 12.7. The topological polar surface area (TPSA) is 50.2 Å². The second kappa shape index (κ2) is 3.99. The Balaban J connectivity index is 2.33. The number of nitrogens with one attached hydrogen (secondary N) is 1. The molecule has 0 unspecified atom stereocenters. The largest absolute Gasteiger partial charge is 0.307 e. The Morgan fingerprint density at radius 2 is 1.94 bits per heavy atom. The van der Waals surface area contributed by atoms with E-state index in [-0.39, 0.29) is 5.56 Å². The minimum Gasteiger partial charge on any atom is -0.307 e. The molecule has 4 nitrogen and oxygen atoms in total. The predicted molar refractivity (Wildman–Crippen MR) is 71.0 cm³/mol. The van der Waals surface area contributed by atoms with Crippen LogP contribution in [0.5, 0.6) is 0 Å². The summed E-state index contributed by atoms with van der Waals surface area (Å²) in [6.07, 6.45) is 0. The molecule has 0 radical (unpaired) electrons. The van der Waals surface area contributed by atoms with Crippen molar-refractivity contribution in [1.29, 1.82) is 0 Å². The normalized spacial score (nSPS) is 11.0. The highest BCUT2D eigenvalue weighted by Gasteiger charge is 2.07. The number of halogens is 1. The van der Waals surface area contributed by atoms with E-state index in [2.05, 4.69) is 10.1 Å². The standard InChI is InChI=1S/C13H10ClN3O/c1-8-6-12-15-13(18)7-11(17(12)16-8)9-2-4-10(14)5-3-9/h2-7H,1H3,(H,15,18). The van der Waals surface area contributed by atoms with Crippen molar-refractivity contribution in [2.45, 2.75) is 6.92 Å². The molecular formula is C13H10ClN3O. The Labute approximate surface area is 108 Å². The van der Waals surface area contributed by atoms with Crippen molar-refractivity contribution < 1.29 is 0 Å². The highest BCUT2D eigenvalue weighted by Crippen LogP contribution is 2.20. The number of aromatic nitrogens is 3. The molecule has 1 aromatic carbocycles. The SMILES string of the molecule is Cc1cc2[nH]c(=O)cc(-c3ccc(Cl)cc3)n2n1. The van der Waals surface area contributed by atoms with Crippen LogP contribution >= 0.6 is 11.6 Å². The third-order valence-corrected chi connectivity index (χ3v) is 2.97. The van der Waals surface area contributed by atoms with Crippen LogP contribution in [-0.4, -0.2) is 14.6 Å². The van der Waals surface area contributed by atoms with Crippen LogP contribution in [0.25, 0.3) is 16.9 Å². The first kappa shape index (κ1) is 11.0. The van der Waals surface area contributed by atoms with Gasteiger partial charge in [0.1, 0.15) is 5.65 Å². The molecular weight excluding hydrogens is 250 g/mol. The lowest BCUT2D eigenvalue weighted by Gasteiger charge is -2.04. The van der Waals surface area contributed by atoms with Crippen LogP contribution in [0.2, 0.25) is 5.02 Å². The molecule has 2 aromatic heterocycles. The van der Waals surface area contributed by atoms with Gasteiger partial charge in [-0.2, -0.15) is 5.10 Å². The number of aryl methyl sites for hydroxylation is 1. The summed E-state index contributed by atoms with van der Waals surface area (Å²) in [7, 11) is 0. The lowest BCUT2D eigenvalue weighted by Crippen LogP contribution is -2.09. The van der Waals surface area contributed by atoms with Gasteiger partial charge in [-0.1, -0.05) is 23.7 Å². The summed E-state index contributed by atoms with van der Waals surface area (Å²) in [5.74, 6) is 0. The van der Waals surface area contributed by atoms with Crippen LogP contribution in [0, 0.1) is 6.92 Å². The number of rotatable bonds is 1. The zero-order valence-electron chi connectivity index (χ0n) is 9.64. The molecule has 0 aliphatic carbocycles. The quantitative estimate of drug-likeness (QED) is 0.730. The van der Waals surface area contributed by atoms with Crippen LogP contribution in [0.4, 0.5) is 0 Å². The molecule has 90 valence electrons. The lowest BCUT2D eigenvalue weighted by atomic mass is 10.1. The van der Waals surface area contributed by atoms with Crippen molar-refractivity contribution in [3.8, 4) is 11.3 Å². The number of H-pyrrole nitrogens is 1. The first-order valence-electron chi connectivity index (χ1n) is 5.49. The van der Waals surface area contributed by atoms with Gasteiger partial charge in [-0.25, -0.2) is 4.52 Å². The number of hydrogen-bond acceptors (Lipinski definition) is 2. The molecule has 2 heterocycles. The monoisotopic (exact) mass is 259 g/mol. The Bertz CT molecular complexity index is 771. The van der Waals surface area contributed by atoms with Gasteiger partial charge in [0.25, 0.3) is 5.56 Å². The van der Waals surface area contributed by atoms with E-state index in [4.69, 9.17) is 11.6 Å². The molecule has 0 spiro atoms. The van der Waals surface area contributed by atoms with E-state index >= 15 is 0 Å². The highest BCUT2D eigenvalue weighted by molar-refractivity contribution is 6.30. The molecule has 0 saturated carbocycles. The minimum absolute atomic E-state index is 0.146. The summed E-state index contributed by atoms with van der Waals surface area (Å²) in [6.45, 7) is 1.89. The predicted octanol–water partition coefficient (Wildman–Crippen LogP) is 2.65. The van der Waals surface area contributed by atoms with E-state index in [1.54, 1.807) is 16.6 Å². The summed E-state index contributed by atoms with van der Waals surface area (Å²) >= 11 is 5.86. The molecule has 3 aromatic rings. The summed E-state index contributed by atoms with van der Waals surface area (Å²) in [6, 6.07) is 10.7. The van der Waals surface area contributed by atoms with Gasteiger partial charge in [0, 0.05) is 22.7 Å². The second-order valence-corrected chi connectivity index (χ2v) is 4.54. The summed E-state index contributed by atoms with van der Waals surface area (Å²) in [5, 5.41) is 5.03. The van der Waals surface area contributed by atoms with Crippen molar-refractivity contribution in [3.05, 3.63) is 57.5 Å². The molecule has 3 rings (SSSR count). The summed E-state index contributed by atoms with van der Waals surface area (Å²) in [5.41, 5.74) is 3.04. The van der Waals surface area contributed by atoms with Crippen LogP contribution in [0.3, 0.4) is 0 Å². The Morgan fingerprint density at radius 3 is 2.67 bits per heavy atom. The molecule has 5 heteroatoms.